The fourth-order valence-electron chi connectivity index (χ4n) is 1.76. The van der Waals surface area contributed by atoms with Crippen molar-refractivity contribution < 1.29 is 8.78 Å². The van der Waals surface area contributed by atoms with Crippen molar-refractivity contribution in [1.29, 1.82) is 0 Å². The monoisotopic (exact) mass is 224 g/mol. The number of fused-ring (bicyclic) bond motifs is 1. The molecule has 0 aliphatic carbocycles. The third kappa shape index (κ3) is 2.05. The molecule has 0 atom stereocenters. The lowest BCUT2D eigenvalue weighted by Crippen LogP contribution is -1.96. The molecule has 2 rings (SSSR count). The summed E-state index contributed by atoms with van der Waals surface area (Å²) in [6.07, 6.45) is 4.93. The molecule has 0 aliphatic rings. The molecule has 0 radical (unpaired) electrons. The second kappa shape index (κ2) is 4.60. The zero-order chi connectivity index (χ0) is 11.5. The fourth-order valence-corrected chi connectivity index (χ4v) is 1.76. The van der Waals surface area contributed by atoms with Crippen molar-refractivity contribution in [2.24, 2.45) is 0 Å². The van der Waals surface area contributed by atoms with E-state index in [1.165, 1.54) is 6.07 Å². The molecule has 86 valence electrons. The van der Waals surface area contributed by atoms with E-state index in [4.69, 9.17) is 0 Å². The highest BCUT2D eigenvalue weighted by molar-refractivity contribution is 5.75. The van der Waals surface area contributed by atoms with Crippen LogP contribution in [0.25, 0.3) is 11.0 Å². The van der Waals surface area contributed by atoms with E-state index in [1.807, 2.05) is 4.57 Å². The van der Waals surface area contributed by atoms with Gasteiger partial charge in [0, 0.05) is 18.7 Å². The Hall–Kier alpha value is -1.45. The van der Waals surface area contributed by atoms with Gasteiger partial charge in [0.05, 0.1) is 17.4 Å². The Bertz CT molecular complexity index is 491. The smallest absolute Gasteiger partial charge is 0.161 e. The number of nitrogens with zero attached hydrogens (tertiary/aromatic N) is 2. The Morgan fingerprint density at radius 1 is 1.19 bits per heavy atom. The zero-order valence-corrected chi connectivity index (χ0v) is 9.21. The van der Waals surface area contributed by atoms with E-state index in [0.717, 1.165) is 31.9 Å². The summed E-state index contributed by atoms with van der Waals surface area (Å²) < 4.78 is 27.9. The minimum Gasteiger partial charge on any atom is -0.331 e. The SMILES string of the molecule is CCCCCn1cnc2cc(F)c(F)cc21. The van der Waals surface area contributed by atoms with Gasteiger partial charge in [-0.05, 0) is 6.42 Å². The average molecular weight is 224 g/mol. The first-order chi connectivity index (χ1) is 7.72. The second-order valence-electron chi connectivity index (χ2n) is 3.90. The van der Waals surface area contributed by atoms with Gasteiger partial charge in [-0.15, -0.1) is 0 Å². The number of halogens is 2. The van der Waals surface area contributed by atoms with Gasteiger partial charge in [0.1, 0.15) is 0 Å². The minimum atomic E-state index is -0.841. The summed E-state index contributed by atoms with van der Waals surface area (Å²) in [6, 6.07) is 2.35. The van der Waals surface area contributed by atoms with Crippen LogP contribution in [0.4, 0.5) is 8.78 Å². The number of imidazole rings is 1. The van der Waals surface area contributed by atoms with E-state index in [-0.39, 0.29) is 0 Å². The Labute approximate surface area is 92.9 Å². The molecular formula is C12H14F2N2. The first kappa shape index (κ1) is 11.0. The molecule has 16 heavy (non-hydrogen) atoms. The fraction of sp³-hybridized carbons (Fsp3) is 0.417. The quantitative estimate of drug-likeness (QED) is 0.727. The molecular weight excluding hydrogens is 210 g/mol. The van der Waals surface area contributed by atoms with Gasteiger partial charge in [0.2, 0.25) is 0 Å². The first-order valence-corrected chi connectivity index (χ1v) is 5.52. The zero-order valence-electron chi connectivity index (χ0n) is 9.21. The maximum atomic E-state index is 13.1. The molecule has 4 heteroatoms. The number of aromatic nitrogens is 2. The van der Waals surface area contributed by atoms with Crippen LogP contribution in [-0.4, -0.2) is 9.55 Å². The molecule has 1 aromatic heterocycles. The van der Waals surface area contributed by atoms with Gasteiger partial charge in [-0.2, -0.15) is 0 Å². The average Bonchev–Trinajstić information content (AvgIpc) is 2.63. The van der Waals surface area contributed by atoms with Gasteiger partial charge < -0.3 is 4.57 Å². The third-order valence-electron chi connectivity index (χ3n) is 2.67. The van der Waals surface area contributed by atoms with Gasteiger partial charge >= 0.3 is 0 Å². The molecule has 2 nitrogen and oxygen atoms in total. The van der Waals surface area contributed by atoms with E-state index >= 15 is 0 Å². The number of aryl methyl sites for hydroxylation is 1. The van der Waals surface area contributed by atoms with Crippen LogP contribution in [0.1, 0.15) is 26.2 Å². The number of unbranched alkanes of at least 4 members (excludes halogenated alkanes) is 2. The predicted octanol–water partition coefficient (Wildman–Crippen LogP) is 3.50. The van der Waals surface area contributed by atoms with Crippen molar-refractivity contribution in [3.8, 4) is 0 Å². The lowest BCUT2D eigenvalue weighted by molar-refractivity contribution is 0.510. The van der Waals surface area contributed by atoms with Crippen LogP contribution in [0.3, 0.4) is 0 Å². The molecule has 0 saturated carbocycles. The van der Waals surface area contributed by atoms with Crippen molar-refractivity contribution in [1.82, 2.24) is 9.55 Å². The van der Waals surface area contributed by atoms with Crippen LogP contribution in [0.2, 0.25) is 0 Å². The van der Waals surface area contributed by atoms with E-state index in [2.05, 4.69) is 11.9 Å². The molecule has 0 N–H and O–H groups in total. The summed E-state index contributed by atoms with van der Waals surface area (Å²) in [7, 11) is 0. The van der Waals surface area contributed by atoms with Gasteiger partial charge in [-0.1, -0.05) is 19.8 Å². The summed E-state index contributed by atoms with van der Waals surface area (Å²) in [4.78, 5) is 4.06. The van der Waals surface area contributed by atoms with Crippen LogP contribution < -0.4 is 0 Å². The van der Waals surface area contributed by atoms with Gasteiger partial charge in [-0.25, -0.2) is 13.8 Å². The summed E-state index contributed by atoms with van der Waals surface area (Å²) >= 11 is 0. The Kier molecular flexibility index (Phi) is 3.17. The standard InChI is InChI=1S/C12H14F2N2/c1-2-3-4-5-16-8-15-11-6-9(13)10(14)7-12(11)16/h6-8H,2-5H2,1H3. The second-order valence-corrected chi connectivity index (χ2v) is 3.90. The third-order valence-corrected chi connectivity index (χ3v) is 2.67. The first-order valence-electron chi connectivity index (χ1n) is 5.52. The van der Waals surface area contributed by atoms with E-state index < -0.39 is 11.6 Å². The van der Waals surface area contributed by atoms with Crippen molar-refractivity contribution in [2.45, 2.75) is 32.7 Å². The summed E-state index contributed by atoms with van der Waals surface area (Å²) in [5.74, 6) is -1.66. The molecule has 1 heterocycles. The van der Waals surface area contributed by atoms with Crippen LogP contribution in [0.15, 0.2) is 18.5 Å². The summed E-state index contributed by atoms with van der Waals surface area (Å²) in [5, 5.41) is 0. The molecule has 0 spiro atoms. The number of rotatable bonds is 4. The van der Waals surface area contributed by atoms with Crippen molar-refractivity contribution >= 4 is 11.0 Å². The normalized spacial score (nSPS) is 11.2. The summed E-state index contributed by atoms with van der Waals surface area (Å²) in [5.41, 5.74) is 1.17. The lowest BCUT2D eigenvalue weighted by atomic mass is 10.2. The predicted molar refractivity (Wildman–Crippen MR) is 59.2 cm³/mol. The van der Waals surface area contributed by atoms with Gasteiger partial charge in [-0.3, -0.25) is 0 Å². The molecule has 0 bridgehead atoms. The van der Waals surface area contributed by atoms with Crippen molar-refractivity contribution in [3.63, 3.8) is 0 Å². The number of hydrogen-bond donors (Lipinski definition) is 0. The topological polar surface area (TPSA) is 17.8 Å². The van der Waals surface area contributed by atoms with Gasteiger partial charge in [0.15, 0.2) is 11.6 Å². The van der Waals surface area contributed by atoms with Crippen LogP contribution in [0.5, 0.6) is 0 Å². The number of hydrogen-bond acceptors (Lipinski definition) is 1. The molecule has 2 aromatic rings. The van der Waals surface area contributed by atoms with Gasteiger partial charge in [0.25, 0.3) is 0 Å². The Morgan fingerprint density at radius 3 is 2.69 bits per heavy atom. The molecule has 1 aromatic carbocycles. The van der Waals surface area contributed by atoms with Crippen LogP contribution in [0, 0.1) is 11.6 Å². The molecule has 0 saturated heterocycles. The maximum absolute atomic E-state index is 13.1. The van der Waals surface area contributed by atoms with Crippen molar-refractivity contribution in [2.75, 3.05) is 0 Å². The Balaban J connectivity index is 2.29. The molecule has 0 aliphatic heterocycles. The number of benzene rings is 1. The summed E-state index contributed by atoms with van der Waals surface area (Å²) in [6.45, 7) is 2.93. The van der Waals surface area contributed by atoms with Crippen molar-refractivity contribution in [3.05, 3.63) is 30.1 Å². The van der Waals surface area contributed by atoms with Crippen LogP contribution >= 0.6 is 0 Å². The van der Waals surface area contributed by atoms with E-state index in [0.29, 0.717) is 11.0 Å². The Morgan fingerprint density at radius 2 is 1.94 bits per heavy atom. The van der Waals surface area contributed by atoms with E-state index in [9.17, 15) is 8.78 Å². The van der Waals surface area contributed by atoms with E-state index in [1.54, 1.807) is 6.33 Å². The highest BCUT2D eigenvalue weighted by atomic mass is 19.2. The minimum absolute atomic E-state index is 0.510. The molecule has 0 unspecified atom stereocenters. The lowest BCUT2D eigenvalue weighted by Gasteiger charge is -2.03. The largest absolute Gasteiger partial charge is 0.331 e. The van der Waals surface area contributed by atoms with Crippen LogP contribution in [-0.2, 0) is 6.54 Å². The highest BCUT2D eigenvalue weighted by Crippen LogP contribution is 2.17. The molecule has 0 fully saturated rings. The highest BCUT2D eigenvalue weighted by Gasteiger charge is 2.08. The molecule has 0 amide bonds. The maximum Gasteiger partial charge on any atom is 0.161 e.